The van der Waals surface area contributed by atoms with Crippen molar-refractivity contribution in [3.05, 3.63) is 122 Å². The molecule has 4 rings (SSSR count). The van der Waals surface area contributed by atoms with Gasteiger partial charge in [-0.15, -0.1) is 0 Å². The molecule has 0 aliphatic heterocycles. The monoisotopic (exact) mass is 457 g/mol. The number of hydrogen-bond acceptors (Lipinski definition) is 2. The van der Waals surface area contributed by atoms with Gasteiger partial charge in [0.1, 0.15) is 0 Å². The van der Waals surface area contributed by atoms with E-state index in [9.17, 15) is 9.00 Å². The van der Waals surface area contributed by atoms with Crippen LogP contribution in [0.3, 0.4) is 0 Å². The van der Waals surface area contributed by atoms with Gasteiger partial charge in [-0.2, -0.15) is 0 Å². The molecule has 2 aliphatic rings. The van der Waals surface area contributed by atoms with Crippen LogP contribution in [-0.2, 0) is 32.7 Å². The Morgan fingerprint density at radius 1 is 0.833 bits per heavy atom. The molecule has 2 aromatic rings. The number of para-hydroxylation sites is 1. The Labute approximate surface area is 194 Å². The molecule has 0 spiro atoms. The van der Waals surface area contributed by atoms with Gasteiger partial charge < -0.3 is 5.32 Å². The molecule has 2 saturated carbocycles. The average molecular weight is 457 g/mol. The van der Waals surface area contributed by atoms with Crippen molar-refractivity contribution in [3.63, 3.8) is 0 Å². The number of aryl methyl sites for hydroxylation is 1. The number of benzene rings is 2. The minimum absolute atomic E-state index is 0. The van der Waals surface area contributed by atoms with Gasteiger partial charge in [0, 0.05) is 23.4 Å². The van der Waals surface area contributed by atoms with Crippen molar-refractivity contribution in [3.8, 4) is 0 Å². The van der Waals surface area contributed by atoms with Crippen LogP contribution in [0.2, 0.25) is 0 Å². The van der Waals surface area contributed by atoms with E-state index in [-0.39, 0.29) is 23.0 Å². The number of anilines is 1. The second kappa shape index (κ2) is 12.4. The SMILES string of the molecule is CC(=O)Nc1ccccc1[C]1[CH][CH][CH][C]1[S@](=O)c1ccc(C)cc1.[CH]1[CH][CH][CH][CH]1.[Fe+2]. The van der Waals surface area contributed by atoms with Crippen LogP contribution in [0.4, 0.5) is 5.69 Å². The third kappa shape index (κ3) is 6.80. The van der Waals surface area contributed by atoms with Crippen molar-refractivity contribution in [1.29, 1.82) is 0 Å². The Morgan fingerprint density at radius 3 is 2.03 bits per heavy atom. The van der Waals surface area contributed by atoms with Gasteiger partial charge in [0.2, 0.25) is 5.91 Å². The van der Waals surface area contributed by atoms with Gasteiger partial charge in [-0.05, 0) is 82.1 Å². The molecular formula is C25H23FeNO2S+2. The van der Waals surface area contributed by atoms with Crippen molar-refractivity contribution >= 4 is 22.4 Å². The van der Waals surface area contributed by atoms with Crippen LogP contribution in [0.25, 0.3) is 0 Å². The van der Waals surface area contributed by atoms with E-state index in [1.165, 1.54) is 6.92 Å². The molecule has 0 saturated heterocycles. The molecule has 0 unspecified atom stereocenters. The van der Waals surface area contributed by atoms with Crippen molar-refractivity contribution in [2.45, 2.75) is 18.7 Å². The van der Waals surface area contributed by atoms with E-state index >= 15 is 0 Å². The minimum Gasteiger partial charge on any atom is -0.326 e. The van der Waals surface area contributed by atoms with Gasteiger partial charge in [0.25, 0.3) is 0 Å². The normalized spacial score (nSPS) is 17.5. The molecule has 1 N–H and O–H groups in total. The first-order valence-electron chi connectivity index (χ1n) is 9.34. The standard InChI is InChI=1S/C20H18NO2S.C5H5.Fe/c1-14-10-12-16(13-11-14)24(23)20-9-5-7-18(20)17-6-3-4-8-19(17)21-15(2)22;1-2-4-5-3-1;/h3-13H,1-2H3,(H,21,22);1-5H;/q;;+2/t24-;;/m1../s1. The zero-order valence-electron chi connectivity index (χ0n) is 16.8. The van der Waals surface area contributed by atoms with Crippen LogP contribution < -0.4 is 5.32 Å². The van der Waals surface area contributed by atoms with E-state index in [2.05, 4.69) is 5.32 Å². The summed E-state index contributed by atoms with van der Waals surface area (Å²) in [5.41, 5.74) is 2.72. The Morgan fingerprint density at radius 2 is 1.43 bits per heavy atom. The molecule has 0 heterocycles. The Kier molecular flexibility index (Phi) is 10.3. The summed E-state index contributed by atoms with van der Waals surface area (Å²) >= 11 is 0. The van der Waals surface area contributed by atoms with E-state index in [4.69, 9.17) is 0 Å². The molecule has 1 atom stereocenters. The molecule has 2 fully saturated rings. The minimum atomic E-state index is -1.27. The third-order valence-corrected chi connectivity index (χ3v) is 5.75. The maximum Gasteiger partial charge on any atom is 2.00 e. The van der Waals surface area contributed by atoms with Crippen LogP contribution in [0.1, 0.15) is 18.1 Å². The zero-order chi connectivity index (χ0) is 20.6. The number of carbonyl (C=O) groups is 1. The summed E-state index contributed by atoms with van der Waals surface area (Å²) in [4.78, 5) is 12.2. The van der Waals surface area contributed by atoms with E-state index in [1.807, 2.05) is 107 Å². The number of carbonyl (C=O) groups excluding carboxylic acids is 1. The second-order valence-electron chi connectivity index (χ2n) is 6.57. The molecular weight excluding hydrogens is 434 g/mol. The van der Waals surface area contributed by atoms with Gasteiger partial charge in [0.15, 0.2) is 0 Å². The Hall–Kier alpha value is -1.42. The van der Waals surface area contributed by atoms with Gasteiger partial charge in [-0.25, -0.2) is 0 Å². The molecule has 2 aliphatic carbocycles. The van der Waals surface area contributed by atoms with Crippen molar-refractivity contribution in [1.82, 2.24) is 0 Å². The fraction of sp³-hybridized carbons (Fsp3) is 0.0800. The van der Waals surface area contributed by atoms with Crippen LogP contribution in [0.15, 0.2) is 53.4 Å². The fourth-order valence-electron chi connectivity index (χ4n) is 2.91. The number of rotatable bonds is 4. The number of amides is 1. The van der Waals surface area contributed by atoms with Gasteiger partial charge in [-0.1, -0.05) is 35.9 Å². The summed E-state index contributed by atoms with van der Waals surface area (Å²) in [6, 6.07) is 15.3. The van der Waals surface area contributed by atoms with E-state index in [0.717, 1.165) is 32.9 Å². The van der Waals surface area contributed by atoms with Crippen LogP contribution >= 0.6 is 0 Å². The maximum atomic E-state index is 13.0. The molecule has 0 aromatic heterocycles. The quantitative estimate of drug-likeness (QED) is 0.667. The molecule has 0 bridgehead atoms. The van der Waals surface area contributed by atoms with E-state index in [1.54, 1.807) is 0 Å². The molecule has 30 heavy (non-hydrogen) atoms. The number of nitrogens with one attached hydrogen (secondary N) is 1. The average Bonchev–Trinajstić information content (AvgIpc) is 3.43. The first-order chi connectivity index (χ1) is 14.1. The third-order valence-electron chi connectivity index (χ3n) is 4.29. The molecule has 10 radical (unpaired) electrons. The summed E-state index contributed by atoms with van der Waals surface area (Å²) in [5, 5.41) is 3.58. The molecule has 2 aromatic carbocycles. The largest absolute Gasteiger partial charge is 2.00 e. The second-order valence-corrected chi connectivity index (χ2v) is 8.02. The van der Waals surface area contributed by atoms with Gasteiger partial charge in [0.05, 0.1) is 16.0 Å². The van der Waals surface area contributed by atoms with E-state index < -0.39 is 10.8 Å². The van der Waals surface area contributed by atoms with Gasteiger partial charge >= 0.3 is 17.1 Å². The van der Waals surface area contributed by atoms with Crippen LogP contribution in [-0.4, -0.2) is 10.1 Å². The zero-order valence-corrected chi connectivity index (χ0v) is 18.7. The Balaban J connectivity index is 0.000000468. The smallest absolute Gasteiger partial charge is 0.326 e. The molecule has 1 amide bonds. The molecule has 3 nitrogen and oxygen atoms in total. The topological polar surface area (TPSA) is 46.2 Å². The summed E-state index contributed by atoms with van der Waals surface area (Å²) in [6.07, 6.45) is 15.7. The van der Waals surface area contributed by atoms with Crippen molar-refractivity contribution < 1.29 is 26.1 Å². The van der Waals surface area contributed by atoms with Gasteiger partial charge in [-0.3, -0.25) is 9.00 Å². The van der Waals surface area contributed by atoms with Crippen LogP contribution in [0, 0.1) is 69.5 Å². The molecule has 5 heteroatoms. The summed E-state index contributed by atoms with van der Waals surface area (Å²) in [6.45, 7) is 3.48. The fourth-order valence-corrected chi connectivity index (χ4v) is 4.13. The first kappa shape index (κ1) is 24.8. The first-order valence-corrected chi connectivity index (χ1v) is 10.5. The summed E-state index contributed by atoms with van der Waals surface area (Å²) in [5.74, 6) is 0.744. The van der Waals surface area contributed by atoms with E-state index in [0.29, 0.717) is 0 Å². The van der Waals surface area contributed by atoms with Crippen molar-refractivity contribution in [2.75, 3.05) is 5.32 Å². The Bertz CT molecular complexity index is 826. The summed E-state index contributed by atoms with van der Waals surface area (Å²) < 4.78 is 13.0. The number of hydrogen-bond donors (Lipinski definition) is 1. The van der Waals surface area contributed by atoms with Crippen LogP contribution in [0.5, 0.6) is 0 Å². The molecule has 152 valence electrons. The predicted octanol–water partition coefficient (Wildman–Crippen LogP) is 4.86. The summed E-state index contributed by atoms with van der Waals surface area (Å²) in [7, 11) is -1.27. The predicted molar refractivity (Wildman–Crippen MR) is 118 cm³/mol. The maximum absolute atomic E-state index is 13.0. The van der Waals surface area contributed by atoms with Crippen molar-refractivity contribution in [2.24, 2.45) is 0 Å².